The topological polar surface area (TPSA) is 25.8 Å². The van der Waals surface area contributed by atoms with Crippen LogP contribution in [0.1, 0.15) is 16.6 Å². The molecule has 0 bridgehead atoms. The Hall–Kier alpha value is -0.486. The first-order valence-corrected chi connectivity index (χ1v) is 13.1. The summed E-state index contributed by atoms with van der Waals surface area (Å²) < 4.78 is 0. The van der Waals surface area contributed by atoms with Crippen LogP contribution in [-0.4, -0.2) is 26.3 Å². The van der Waals surface area contributed by atoms with E-state index < -0.39 is 16.1 Å². The summed E-state index contributed by atoms with van der Waals surface area (Å²) in [6.45, 7) is 16.6. The van der Waals surface area contributed by atoms with Crippen molar-refractivity contribution in [3.05, 3.63) is 23.5 Å². The second kappa shape index (κ2) is 4.41. The van der Waals surface area contributed by atoms with E-state index in [0.717, 1.165) is 5.69 Å². The van der Waals surface area contributed by atoms with Gasteiger partial charge in [-0.15, -0.1) is 0 Å². The van der Waals surface area contributed by atoms with Crippen LogP contribution in [0.15, 0.2) is 12.1 Å². The lowest BCUT2D eigenvalue weighted by molar-refractivity contribution is 0.904. The summed E-state index contributed by atoms with van der Waals surface area (Å²) in [4.78, 5) is 0. The average Bonchev–Trinajstić information content (AvgIpc) is 2.03. The van der Waals surface area contributed by atoms with Crippen molar-refractivity contribution in [2.24, 2.45) is 0 Å². The van der Waals surface area contributed by atoms with Crippen molar-refractivity contribution in [2.45, 2.75) is 51.4 Å². The fraction of sp³-hybridized carbons (Fsp3) is 0.667. The molecule has 0 aromatic carbocycles. The zero-order chi connectivity index (χ0) is 12.6. The average molecular weight is 253 g/mol. The molecule has 0 spiro atoms. The number of rotatable bonds is 3. The first-order chi connectivity index (χ1) is 7.12. The number of hydrogen-bond acceptors (Lipinski definition) is 2. The highest BCUT2D eigenvalue weighted by molar-refractivity contribution is 6.96. The van der Waals surface area contributed by atoms with E-state index in [1.165, 1.54) is 5.69 Å². The van der Waals surface area contributed by atoms with Gasteiger partial charge in [-0.3, -0.25) is 0 Å². The highest BCUT2D eigenvalue weighted by Gasteiger charge is 2.39. The molecular formula is C12H24N2Si2. The van der Waals surface area contributed by atoms with Crippen molar-refractivity contribution >= 4 is 16.1 Å². The summed E-state index contributed by atoms with van der Waals surface area (Å²) in [5, 5.41) is 9.34. The van der Waals surface area contributed by atoms with Crippen LogP contribution in [0.5, 0.6) is 0 Å². The molecule has 0 saturated heterocycles. The maximum atomic E-state index is 4.43. The molecule has 4 heteroatoms. The molecule has 16 heavy (non-hydrogen) atoms. The van der Waals surface area contributed by atoms with Crippen molar-refractivity contribution in [1.29, 1.82) is 0 Å². The SMILES string of the molecule is Cc1ccc(C([Si](C)(C)C)[Si](C)(C)C)nn1. The van der Waals surface area contributed by atoms with Gasteiger partial charge in [0, 0.05) is 0 Å². The van der Waals surface area contributed by atoms with Gasteiger partial charge in [0.05, 0.1) is 27.5 Å². The molecular weight excluding hydrogens is 228 g/mol. The molecule has 0 aliphatic heterocycles. The highest BCUT2D eigenvalue weighted by atomic mass is 28.4. The third kappa shape index (κ3) is 3.25. The van der Waals surface area contributed by atoms with Crippen molar-refractivity contribution in [2.75, 3.05) is 0 Å². The van der Waals surface area contributed by atoms with Gasteiger partial charge in [-0.2, -0.15) is 10.2 Å². The summed E-state index contributed by atoms with van der Waals surface area (Å²) in [6.07, 6.45) is 0. The summed E-state index contributed by atoms with van der Waals surface area (Å²) >= 11 is 0. The first kappa shape index (κ1) is 13.6. The highest BCUT2D eigenvalue weighted by Crippen LogP contribution is 2.34. The molecule has 0 saturated carbocycles. The third-order valence-electron chi connectivity index (χ3n) is 2.85. The van der Waals surface area contributed by atoms with Crippen LogP contribution in [0.25, 0.3) is 0 Å². The van der Waals surface area contributed by atoms with Gasteiger partial charge in [-0.05, 0) is 24.2 Å². The number of aryl methyl sites for hydroxylation is 1. The van der Waals surface area contributed by atoms with E-state index in [1.54, 1.807) is 0 Å². The summed E-state index contributed by atoms with van der Waals surface area (Å²) in [5.74, 6) is 0. The molecule has 1 aromatic rings. The lowest BCUT2D eigenvalue weighted by Gasteiger charge is -2.37. The lowest BCUT2D eigenvalue weighted by Crippen LogP contribution is -2.47. The van der Waals surface area contributed by atoms with E-state index in [9.17, 15) is 0 Å². The Balaban J connectivity index is 3.18. The predicted molar refractivity (Wildman–Crippen MR) is 76.2 cm³/mol. The van der Waals surface area contributed by atoms with E-state index in [4.69, 9.17) is 0 Å². The minimum atomic E-state index is -1.22. The maximum absolute atomic E-state index is 4.43. The lowest BCUT2D eigenvalue weighted by atomic mass is 10.4. The molecule has 0 aliphatic rings. The molecule has 0 fully saturated rings. The molecule has 0 radical (unpaired) electrons. The van der Waals surface area contributed by atoms with Crippen LogP contribution in [0, 0.1) is 6.92 Å². The standard InChI is InChI=1S/C12H24N2Si2/c1-10-8-9-11(14-13-10)12(15(2,3)4)16(5,6)7/h8-9,12H,1-7H3. The second-order valence-electron chi connectivity index (χ2n) is 6.76. The van der Waals surface area contributed by atoms with Crippen molar-refractivity contribution in [1.82, 2.24) is 10.2 Å². The Morgan fingerprint density at radius 2 is 1.38 bits per heavy atom. The molecule has 90 valence electrons. The van der Waals surface area contributed by atoms with Crippen LogP contribution in [-0.2, 0) is 0 Å². The van der Waals surface area contributed by atoms with Crippen molar-refractivity contribution in [3.8, 4) is 0 Å². The van der Waals surface area contributed by atoms with E-state index >= 15 is 0 Å². The van der Waals surface area contributed by atoms with Gasteiger partial charge in [-0.1, -0.05) is 39.3 Å². The number of nitrogens with zero attached hydrogens (tertiary/aromatic N) is 2. The first-order valence-electron chi connectivity index (χ1n) is 5.92. The Bertz CT molecular complexity index is 333. The molecule has 0 amide bonds. The Morgan fingerprint density at radius 3 is 1.69 bits per heavy atom. The van der Waals surface area contributed by atoms with E-state index in [2.05, 4.69) is 61.6 Å². The van der Waals surface area contributed by atoms with Crippen LogP contribution >= 0.6 is 0 Å². The second-order valence-corrected chi connectivity index (χ2v) is 18.0. The Labute approximate surface area is 102 Å². The molecule has 0 atom stereocenters. The molecule has 1 heterocycles. The zero-order valence-electron chi connectivity index (χ0n) is 11.6. The van der Waals surface area contributed by atoms with Gasteiger partial charge in [0.2, 0.25) is 0 Å². The van der Waals surface area contributed by atoms with Gasteiger partial charge in [-0.25, -0.2) is 0 Å². The molecule has 1 aromatic heterocycles. The minimum absolute atomic E-state index is 0.688. The number of aromatic nitrogens is 2. The van der Waals surface area contributed by atoms with Crippen LogP contribution < -0.4 is 0 Å². The van der Waals surface area contributed by atoms with Crippen molar-refractivity contribution < 1.29 is 0 Å². The quantitative estimate of drug-likeness (QED) is 0.768. The monoisotopic (exact) mass is 252 g/mol. The fourth-order valence-corrected chi connectivity index (χ4v) is 15.2. The Kier molecular flexibility index (Phi) is 3.74. The van der Waals surface area contributed by atoms with E-state index in [0.29, 0.717) is 5.16 Å². The van der Waals surface area contributed by atoms with E-state index in [-0.39, 0.29) is 0 Å². The molecule has 0 aliphatic carbocycles. The fourth-order valence-electron chi connectivity index (χ4n) is 2.75. The number of hydrogen-bond donors (Lipinski definition) is 0. The van der Waals surface area contributed by atoms with Gasteiger partial charge in [0.15, 0.2) is 0 Å². The van der Waals surface area contributed by atoms with E-state index in [1.807, 2.05) is 6.92 Å². The molecule has 0 unspecified atom stereocenters. The zero-order valence-corrected chi connectivity index (χ0v) is 13.6. The van der Waals surface area contributed by atoms with Crippen LogP contribution in [0.2, 0.25) is 39.3 Å². The van der Waals surface area contributed by atoms with Gasteiger partial charge < -0.3 is 0 Å². The molecule has 0 N–H and O–H groups in total. The van der Waals surface area contributed by atoms with Crippen molar-refractivity contribution in [3.63, 3.8) is 0 Å². The predicted octanol–water partition coefficient (Wildman–Crippen LogP) is 3.62. The maximum Gasteiger partial charge on any atom is 0.0609 e. The third-order valence-corrected chi connectivity index (χ3v) is 12.1. The van der Waals surface area contributed by atoms with Gasteiger partial charge >= 0.3 is 0 Å². The molecule has 1 rings (SSSR count). The largest absolute Gasteiger partial charge is 0.156 e. The minimum Gasteiger partial charge on any atom is -0.156 e. The Morgan fingerprint density at radius 1 is 0.875 bits per heavy atom. The normalized spacial score (nSPS) is 13.2. The smallest absolute Gasteiger partial charge is 0.0609 e. The molecule has 2 nitrogen and oxygen atoms in total. The summed E-state index contributed by atoms with van der Waals surface area (Å²) in [6, 6.07) is 4.28. The van der Waals surface area contributed by atoms with Gasteiger partial charge in [0.1, 0.15) is 0 Å². The summed E-state index contributed by atoms with van der Waals surface area (Å²) in [5.41, 5.74) is 2.23. The van der Waals surface area contributed by atoms with Gasteiger partial charge in [0.25, 0.3) is 0 Å². The van der Waals surface area contributed by atoms with Crippen LogP contribution in [0.4, 0.5) is 0 Å². The van der Waals surface area contributed by atoms with Crippen LogP contribution in [0.3, 0.4) is 0 Å². The summed E-state index contributed by atoms with van der Waals surface area (Å²) in [7, 11) is -2.44.